The maximum absolute atomic E-state index is 6.47. The van der Waals surface area contributed by atoms with Crippen molar-refractivity contribution in [1.82, 2.24) is 14.9 Å². The van der Waals surface area contributed by atoms with Gasteiger partial charge in [0.05, 0.1) is 12.8 Å². The van der Waals surface area contributed by atoms with Gasteiger partial charge in [-0.15, -0.1) is 0 Å². The van der Waals surface area contributed by atoms with E-state index in [1.807, 2.05) is 25.1 Å². The van der Waals surface area contributed by atoms with Gasteiger partial charge in [-0.25, -0.2) is 9.97 Å². The van der Waals surface area contributed by atoms with Crippen LogP contribution in [-0.2, 0) is 6.54 Å². The molecule has 0 radical (unpaired) electrons. The van der Waals surface area contributed by atoms with E-state index in [1.165, 1.54) is 5.56 Å². The first-order valence-corrected chi connectivity index (χ1v) is 10.2. The lowest BCUT2D eigenvalue weighted by Gasteiger charge is -2.36. The number of nitrogens with one attached hydrogen (secondary N) is 1. The summed E-state index contributed by atoms with van der Waals surface area (Å²) in [6.07, 6.45) is 1.56. The molecule has 0 unspecified atom stereocenters. The second-order valence-electron chi connectivity index (χ2n) is 7.54. The number of hydrogen-bond donors (Lipinski definition) is 2. The van der Waals surface area contributed by atoms with Gasteiger partial charge in [-0.05, 0) is 30.2 Å². The lowest BCUT2D eigenvalue weighted by molar-refractivity contribution is 0.249. The average molecular weight is 405 g/mol. The molecule has 2 aromatic carbocycles. The van der Waals surface area contributed by atoms with E-state index in [4.69, 9.17) is 10.5 Å². The number of rotatable bonds is 6. The Bertz CT molecular complexity index is 986. The Balaban J connectivity index is 1.46. The highest BCUT2D eigenvalue weighted by Crippen LogP contribution is 2.33. The van der Waals surface area contributed by atoms with Crippen LogP contribution in [0.1, 0.15) is 11.1 Å². The maximum Gasteiger partial charge on any atom is 0.159 e. The zero-order chi connectivity index (χ0) is 20.9. The second kappa shape index (κ2) is 9.00. The molecular weight excluding hydrogens is 376 g/mol. The molecule has 156 valence electrons. The predicted molar refractivity (Wildman–Crippen MR) is 121 cm³/mol. The molecule has 1 saturated heterocycles. The number of piperazine rings is 1. The van der Waals surface area contributed by atoms with Crippen molar-refractivity contribution in [3.8, 4) is 5.75 Å². The number of nitrogens with zero attached hydrogens (tertiary/aromatic N) is 4. The molecule has 1 aliphatic rings. The Hall–Kier alpha value is -3.32. The van der Waals surface area contributed by atoms with Gasteiger partial charge < -0.3 is 20.7 Å². The molecule has 7 heteroatoms. The number of aryl methyl sites for hydroxylation is 1. The summed E-state index contributed by atoms with van der Waals surface area (Å²) >= 11 is 0. The molecule has 0 saturated carbocycles. The molecule has 3 N–H and O–H groups in total. The normalized spacial score (nSPS) is 14.5. The molecule has 1 fully saturated rings. The van der Waals surface area contributed by atoms with Crippen molar-refractivity contribution < 1.29 is 4.74 Å². The molecular formula is C23H28N6O. The predicted octanol–water partition coefficient (Wildman–Crippen LogP) is 3.44. The molecule has 1 aromatic heterocycles. The zero-order valence-electron chi connectivity index (χ0n) is 17.5. The fourth-order valence-corrected chi connectivity index (χ4v) is 3.74. The third-order valence-electron chi connectivity index (χ3n) is 5.39. The van der Waals surface area contributed by atoms with Gasteiger partial charge in [-0.1, -0.05) is 36.4 Å². The Morgan fingerprint density at radius 2 is 1.80 bits per heavy atom. The van der Waals surface area contributed by atoms with Crippen LogP contribution in [0.5, 0.6) is 5.75 Å². The molecule has 0 atom stereocenters. The minimum atomic E-state index is 0.553. The number of benzene rings is 2. The first-order chi connectivity index (χ1) is 14.6. The van der Waals surface area contributed by atoms with E-state index in [-0.39, 0.29) is 0 Å². The lowest BCUT2D eigenvalue weighted by atomic mass is 10.2. The van der Waals surface area contributed by atoms with Gasteiger partial charge in [0.1, 0.15) is 17.8 Å². The van der Waals surface area contributed by atoms with Crippen molar-refractivity contribution in [2.75, 3.05) is 49.2 Å². The van der Waals surface area contributed by atoms with Gasteiger partial charge in [-0.2, -0.15) is 0 Å². The first kappa shape index (κ1) is 20.0. The molecule has 0 spiro atoms. The number of nitrogen functional groups attached to an aromatic ring is 1. The Morgan fingerprint density at radius 1 is 1.03 bits per heavy atom. The average Bonchev–Trinajstić information content (AvgIpc) is 2.77. The molecule has 3 aromatic rings. The van der Waals surface area contributed by atoms with E-state index in [9.17, 15) is 0 Å². The van der Waals surface area contributed by atoms with E-state index < -0.39 is 0 Å². The summed E-state index contributed by atoms with van der Waals surface area (Å²) in [7, 11) is 1.65. The van der Waals surface area contributed by atoms with Crippen LogP contribution in [-0.4, -0.2) is 48.2 Å². The monoisotopic (exact) mass is 404 g/mol. The number of ether oxygens (including phenoxy) is 1. The standard InChI is InChI=1S/C23H28N6O/c1-17-8-9-20(30-2)19(14-17)27-22-21(24)23(26-16-25-22)29-12-10-28(11-13-29)15-18-6-4-3-5-7-18/h3-9,14,16H,10-13,15,24H2,1-2H3,(H,25,26,27). The summed E-state index contributed by atoms with van der Waals surface area (Å²) in [4.78, 5) is 13.5. The largest absolute Gasteiger partial charge is 0.495 e. The molecule has 0 amide bonds. The van der Waals surface area contributed by atoms with Crippen LogP contribution in [0.15, 0.2) is 54.9 Å². The number of aromatic nitrogens is 2. The van der Waals surface area contributed by atoms with Crippen LogP contribution >= 0.6 is 0 Å². The van der Waals surface area contributed by atoms with Gasteiger partial charge >= 0.3 is 0 Å². The van der Waals surface area contributed by atoms with E-state index in [0.29, 0.717) is 11.5 Å². The van der Waals surface area contributed by atoms with Crippen molar-refractivity contribution in [2.45, 2.75) is 13.5 Å². The van der Waals surface area contributed by atoms with Gasteiger partial charge in [0, 0.05) is 32.7 Å². The Kier molecular flexibility index (Phi) is 5.99. The summed E-state index contributed by atoms with van der Waals surface area (Å²) in [6.45, 7) is 6.68. The molecule has 30 heavy (non-hydrogen) atoms. The second-order valence-corrected chi connectivity index (χ2v) is 7.54. The summed E-state index contributed by atoms with van der Waals surface area (Å²) in [5, 5.41) is 3.32. The van der Waals surface area contributed by atoms with Gasteiger partial charge in [0.2, 0.25) is 0 Å². The summed E-state index contributed by atoms with van der Waals surface area (Å²) in [6, 6.07) is 16.5. The molecule has 1 aliphatic heterocycles. The number of nitrogens with two attached hydrogens (primary N) is 1. The smallest absolute Gasteiger partial charge is 0.159 e. The van der Waals surface area contributed by atoms with Crippen molar-refractivity contribution >= 4 is 23.0 Å². The number of methoxy groups -OCH3 is 1. The van der Waals surface area contributed by atoms with E-state index in [1.54, 1.807) is 13.4 Å². The van der Waals surface area contributed by atoms with E-state index in [2.05, 4.69) is 55.4 Å². The number of hydrogen-bond acceptors (Lipinski definition) is 7. The fraction of sp³-hybridized carbons (Fsp3) is 0.304. The zero-order valence-corrected chi connectivity index (χ0v) is 17.5. The third kappa shape index (κ3) is 4.46. The Morgan fingerprint density at radius 3 is 2.53 bits per heavy atom. The molecule has 7 nitrogen and oxygen atoms in total. The van der Waals surface area contributed by atoms with Crippen LogP contribution in [0.3, 0.4) is 0 Å². The molecule has 4 rings (SSSR count). The third-order valence-corrected chi connectivity index (χ3v) is 5.39. The quantitative estimate of drug-likeness (QED) is 0.651. The van der Waals surface area contributed by atoms with Crippen molar-refractivity contribution in [2.24, 2.45) is 0 Å². The molecule has 2 heterocycles. The highest BCUT2D eigenvalue weighted by atomic mass is 16.5. The SMILES string of the molecule is COc1ccc(C)cc1Nc1ncnc(N2CCN(Cc3ccccc3)CC2)c1N. The Labute approximate surface area is 177 Å². The fourth-order valence-electron chi connectivity index (χ4n) is 3.74. The van der Waals surface area contributed by atoms with E-state index >= 15 is 0 Å². The van der Waals surface area contributed by atoms with Crippen LogP contribution in [0.2, 0.25) is 0 Å². The van der Waals surface area contributed by atoms with Crippen molar-refractivity contribution in [3.05, 3.63) is 66.0 Å². The maximum atomic E-state index is 6.47. The summed E-state index contributed by atoms with van der Waals surface area (Å²) in [5.41, 5.74) is 10.3. The topological polar surface area (TPSA) is 79.5 Å². The first-order valence-electron chi connectivity index (χ1n) is 10.2. The van der Waals surface area contributed by atoms with Crippen molar-refractivity contribution in [1.29, 1.82) is 0 Å². The van der Waals surface area contributed by atoms with Gasteiger partial charge in [0.25, 0.3) is 0 Å². The summed E-state index contributed by atoms with van der Waals surface area (Å²) < 4.78 is 5.46. The van der Waals surface area contributed by atoms with Crippen LogP contribution in [0.4, 0.5) is 23.0 Å². The summed E-state index contributed by atoms with van der Waals surface area (Å²) in [5.74, 6) is 2.11. The highest BCUT2D eigenvalue weighted by molar-refractivity contribution is 5.80. The van der Waals surface area contributed by atoms with Crippen LogP contribution < -0.4 is 20.7 Å². The highest BCUT2D eigenvalue weighted by Gasteiger charge is 2.21. The minimum Gasteiger partial charge on any atom is -0.495 e. The number of anilines is 4. The van der Waals surface area contributed by atoms with Crippen molar-refractivity contribution in [3.63, 3.8) is 0 Å². The lowest BCUT2D eigenvalue weighted by Crippen LogP contribution is -2.46. The van der Waals surface area contributed by atoms with Gasteiger partial charge in [0.15, 0.2) is 11.6 Å². The minimum absolute atomic E-state index is 0.553. The van der Waals surface area contributed by atoms with Crippen LogP contribution in [0, 0.1) is 6.92 Å². The van der Waals surface area contributed by atoms with E-state index in [0.717, 1.165) is 55.5 Å². The van der Waals surface area contributed by atoms with Crippen LogP contribution in [0.25, 0.3) is 0 Å². The molecule has 0 aliphatic carbocycles. The van der Waals surface area contributed by atoms with Gasteiger partial charge in [-0.3, -0.25) is 4.90 Å². The molecule has 0 bridgehead atoms.